The van der Waals surface area contributed by atoms with E-state index in [0.29, 0.717) is 21.4 Å². The number of aromatic carboxylic acids is 1. The molecule has 0 saturated carbocycles. The van der Waals surface area contributed by atoms with Crippen LogP contribution in [0.2, 0.25) is 5.02 Å². The minimum absolute atomic E-state index is 0.179. The molecule has 0 spiro atoms. The molecule has 0 atom stereocenters. The number of hydrogen-bond acceptors (Lipinski definition) is 3. The monoisotopic (exact) mass is 322 g/mol. The van der Waals surface area contributed by atoms with Crippen molar-refractivity contribution in [1.29, 1.82) is 0 Å². The Morgan fingerprint density at radius 3 is 2.38 bits per heavy atom. The summed E-state index contributed by atoms with van der Waals surface area (Å²) in [4.78, 5) is 12.2. The van der Waals surface area contributed by atoms with Crippen molar-refractivity contribution < 1.29 is 14.6 Å². The molecule has 5 heteroatoms. The number of halogens is 1. The highest BCUT2D eigenvalue weighted by molar-refractivity contribution is 7.98. The summed E-state index contributed by atoms with van der Waals surface area (Å²) >= 11 is 7.38. The summed E-state index contributed by atoms with van der Waals surface area (Å²) in [6.07, 6.45) is 1.84. The fraction of sp³-hybridized carbons (Fsp3) is 0.188. The SMILES string of the molecule is CSc1cccc(Oc2c(C)cc(Cl)cc2C)c1C(=O)O. The van der Waals surface area contributed by atoms with Gasteiger partial charge < -0.3 is 9.84 Å². The highest BCUT2D eigenvalue weighted by atomic mass is 35.5. The molecule has 0 radical (unpaired) electrons. The maximum absolute atomic E-state index is 11.5. The molecule has 0 heterocycles. The molecule has 2 aromatic carbocycles. The van der Waals surface area contributed by atoms with Crippen LogP contribution in [-0.2, 0) is 0 Å². The van der Waals surface area contributed by atoms with Crippen molar-refractivity contribution >= 4 is 29.3 Å². The Labute approximate surface area is 132 Å². The molecule has 0 aliphatic rings. The lowest BCUT2D eigenvalue weighted by Crippen LogP contribution is -2.03. The molecule has 1 N–H and O–H groups in total. The van der Waals surface area contributed by atoms with Gasteiger partial charge >= 0.3 is 5.97 Å². The van der Waals surface area contributed by atoms with Crippen LogP contribution < -0.4 is 4.74 Å². The molecule has 110 valence electrons. The predicted molar refractivity (Wildman–Crippen MR) is 86.2 cm³/mol. The molecule has 2 aromatic rings. The van der Waals surface area contributed by atoms with Gasteiger partial charge in [-0.3, -0.25) is 0 Å². The predicted octanol–water partition coefficient (Wildman–Crippen LogP) is 5.17. The van der Waals surface area contributed by atoms with Crippen molar-refractivity contribution in [1.82, 2.24) is 0 Å². The molecule has 2 rings (SSSR count). The Kier molecular flexibility index (Phi) is 4.80. The molecule has 0 aromatic heterocycles. The van der Waals surface area contributed by atoms with E-state index in [9.17, 15) is 9.90 Å². The van der Waals surface area contributed by atoms with Crippen molar-refractivity contribution in [2.24, 2.45) is 0 Å². The molecule has 0 amide bonds. The molecule has 0 unspecified atom stereocenters. The Hall–Kier alpha value is -1.65. The second-order valence-corrected chi connectivity index (χ2v) is 5.89. The van der Waals surface area contributed by atoms with Crippen molar-refractivity contribution in [2.75, 3.05) is 6.26 Å². The van der Waals surface area contributed by atoms with E-state index in [4.69, 9.17) is 16.3 Å². The van der Waals surface area contributed by atoms with Crippen LogP contribution in [-0.4, -0.2) is 17.3 Å². The second-order valence-electron chi connectivity index (χ2n) is 4.61. The number of carbonyl (C=O) groups is 1. The zero-order valence-electron chi connectivity index (χ0n) is 11.9. The Balaban J connectivity index is 2.52. The standard InChI is InChI=1S/C16H15ClO3S/c1-9-7-11(17)8-10(2)15(9)20-12-5-4-6-13(21-3)14(12)16(18)19/h4-8H,1-3H3,(H,18,19). The minimum atomic E-state index is -1.00. The minimum Gasteiger partial charge on any atom is -0.478 e. The molecule has 21 heavy (non-hydrogen) atoms. The normalized spacial score (nSPS) is 10.5. The Morgan fingerprint density at radius 2 is 1.86 bits per heavy atom. The average Bonchev–Trinajstić information content (AvgIpc) is 2.42. The summed E-state index contributed by atoms with van der Waals surface area (Å²) in [7, 11) is 0. The van der Waals surface area contributed by atoms with Crippen LogP contribution in [0.3, 0.4) is 0 Å². The van der Waals surface area contributed by atoms with Crippen LogP contribution in [0.1, 0.15) is 21.5 Å². The lowest BCUT2D eigenvalue weighted by Gasteiger charge is -2.15. The maximum atomic E-state index is 11.5. The Morgan fingerprint density at radius 1 is 1.24 bits per heavy atom. The first-order valence-electron chi connectivity index (χ1n) is 6.29. The maximum Gasteiger partial charge on any atom is 0.340 e. The number of carboxylic acid groups (broad SMARTS) is 1. The van der Waals surface area contributed by atoms with Gasteiger partial charge in [-0.25, -0.2) is 4.79 Å². The summed E-state index contributed by atoms with van der Waals surface area (Å²) in [5, 5.41) is 10.1. The molecule has 0 saturated heterocycles. The smallest absolute Gasteiger partial charge is 0.340 e. The number of rotatable bonds is 4. The van der Waals surface area contributed by atoms with Crippen molar-refractivity contribution in [2.45, 2.75) is 18.7 Å². The third kappa shape index (κ3) is 3.34. The van der Waals surface area contributed by atoms with E-state index in [1.165, 1.54) is 11.8 Å². The summed E-state index contributed by atoms with van der Waals surface area (Å²) < 4.78 is 5.88. The van der Waals surface area contributed by atoms with Gasteiger partial charge in [0.05, 0.1) is 0 Å². The average molecular weight is 323 g/mol. The first kappa shape index (κ1) is 15.7. The van der Waals surface area contributed by atoms with Crippen LogP contribution >= 0.6 is 23.4 Å². The summed E-state index contributed by atoms with van der Waals surface area (Å²) in [5.74, 6) is -0.0257. The zero-order valence-corrected chi connectivity index (χ0v) is 13.5. The topological polar surface area (TPSA) is 46.5 Å². The van der Waals surface area contributed by atoms with Crippen molar-refractivity contribution in [3.8, 4) is 11.5 Å². The number of hydrogen-bond donors (Lipinski definition) is 1. The van der Waals surface area contributed by atoms with E-state index < -0.39 is 5.97 Å². The van der Waals surface area contributed by atoms with Crippen LogP contribution in [0, 0.1) is 13.8 Å². The number of benzene rings is 2. The largest absolute Gasteiger partial charge is 0.478 e. The highest BCUT2D eigenvalue weighted by Gasteiger charge is 2.18. The highest BCUT2D eigenvalue weighted by Crippen LogP contribution is 2.35. The van der Waals surface area contributed by atoms with Gasteiger partial charge in [0, 0.05) is 9.92 Å². The fourth-order valence-electron chi connectivity index (χ4n) is 2.15. The van der Waals surface area contributed by atoms with E-state index in [-0.39, 0.29) is 5.56 Å². The van der Waals surface area contributed by atoms with E-state index in [1.807, 2.05) is 20.1 Å². The summed E-state index contributed by atoms with van der Waals surface area (Å²) in [6.45, 7) is 3.76. The van der Waals surface area contributed by atoms with Crippen LogP contribution in [0.25, 0.3) is 0 Å². The number of thioether (sulfide) groups is 1. The van der Waals surface area contributed by atoms with Gasteiger partial charge in [0.25, 0.3) is 0 Å². The molecular weight excluding hydrogens is 308 g/mol. The van der Waals surface area contributed by atoms with Crippen LogP contribution in [0.15, 0.2) is 35.2 Å². The molecular formula is C16H15ClO3S. The number of carboxylic acids is 1. The Bertz CT molecular complexity index is 675. The van der Waals surface area contributed by atoms with Gasteiger partial charge in [-0.05, 0) is 55.5 Å². The van der Waals surface area contributed by atoms with Gasteiger partial charge in [0.1, 0.15) is 17.1 Å². The molecule has 0 fully saturated rings. The van der Waals surface area contributed by atoms with E-state index in [2.05, 4.69) is 0 Å². The van der Waals surface area contributed by atoms with Crippen LogP contribution in [0.4, 0.5) is 0 Å². The number of aryl methyl sites for hydroxylation is 2. The lowest BCUT2D eigenvalue weighted by atomic mass is 10.1. The first-order valence-corrected chi connectivity index (χ1v) is 7.89. The molecule has 0 aliphatic carbocycles. The van der Waals surface area contributed by atoms with E-state index in [1.54, 1.807) is 30.3 Å². The van der Waals surface area contributed by atoms with Crippen molar-refractivity contribution in [3.63, 3.8) is 0 Å². The van der Waals surface area contributed by atoms with Gasteiger partial charge in [-0.15, -0.1) is 11.8 Å². The summed E-state index contributed by atoms with van der Waals surface area (Å²) in [6, 6.07) is 8.80. The quantitative estimate of drug-likeness (QED) is 0.789. The van der Waals surface area contributed by atoms with Gasteiger partial charge in [0.2, 0.25) is 0 Å². The number of ether oxygens (including phenoxy) is 1. The van der Waals surface area contributed by atoms with Gasteiger partial charge in [0.15, 0.2) is 0 Å². The van der Waals surface area contributed by atoms with Crippen molar-refractivity contribution in [3.05, 3.63) is 52.0 Å². The van der Waals surface area contributed by atoms with Gasteiger partial charge in [-0.2, -0.15) is 0 Å². The fourth-order valence-corrected chi connectivity index (χ4v) is 3.08. The third-order valence-electron chi connectivity index (χ3n) is 3.06. The van der Waals surface area contributed by atoms with Crippen LogP contribution in [0.5, 0.6) is 11.5 Å². The van der Waals surface area contributed by atoms with Gasteiger partial charge in [-0.1, -0.05) is 17.7 Å². The molecule has 3 nitrogen and oxygen atoms in total. The van der Waals surface area contributed by atoms with E-state index >= 15 is 0 Å². The first-order chi connectivity index (χ1) is 9.93. The van der Waals surface area contributed by atoms with E-state index in [0.717, 1.165) is 11.1 Å². The third-order valence-corrected chi connectivity index (χ3v) is 4.06. The molecule has 0 bridgehead atoms. The zero-order chi connectivity index (χ0) is 15.6. The summed E-state index contributed by atoms with van der Waals surface area (Å²) in [5.41, 5.74) is 1.91. The second kappa shape index (κ2) is 6.41. The lowest BCUT2D eigenvalue weighted by molar-refractivity contribution is 0.0690. The molecule has 0 aliphatic heterocycles.